The van der Waals surface area contributed by atoms with E-state index in [-0.39, 0.29) is 0 Å². The van der Waals surface area contributed by atoms with Crippen molar-refractivity contribution in [3.05, 3.63) is 169 Å². The van der Waals surface area contributed by atoms with Crippen molar-refractivity contribution in [3.8, 4) is 17.1 Å². The monoisotopic (exact) mass is 872 g/mol. The molecule has 9 heteroatoms. The molecule has 234 valence electrons. The van der Waals surface area contributed by atoms with E-state index < -0.39 is 0 Å². The molecule has 3 N–H and O–H groups in total. The minimum absolute atomic E-state index is 0.668. The van der Waals surface area contributed by atoms with Gasteiger partial charge in [0.05, 0.1) is 22.4 Å². The molecule has 0 saturated heterocycles. The van der Waals surface area contributed by atoms with Crippen molar-refractivity contribution in [1.29, 1.82) is 0 Å². The van der Waals surface area contributed by atoms with Gasteiger partial charge in [0.2, 0.25) is 0 Å². The maximum atomic E-state index is 10.3. The van der Waals surface area contributed by atoms with Crippen molar-refractivity contribution in [3.63, 3.8) is 0 Å². The third-order valence-electron chi connectivity index (χ3n) is 6.73. The number of imidazole rings is 1. The second-order valence-corrected chi connectivity index (χ2v) is 13.8. The number of nitrogens with zero attached hydrogens (tertiary/aromatic N) is 2. The molecule has 0 aliphatic carbocycles. The molecule has 7 aromatic rings. The van der Waals surface area contributed by atoms with Crippen molar-refractivity contribution >= 4 is 98.1 Å². The van der Waals surface area contributed by atoms with Crippen LogP contribution in [0.2, 0.25) is 0 Å². The first-order valence-corrected chi connectivity index (χ1v) is 17.5. The molecular formula is C38H28Br4N4O. The standard InChI is InChI=1S/C19H12Br2N2.C12H12N2.C7H4Br2O/c20-14-10-13(11-15(21)12-14)19-22-17-8-4-5-9-18(17)23(19)16-6-2-1-3-7-16;13-11-8-4-5-9-12(11)14-10-6-2-1-3-7-10;8-6-1-5(4-10)2-7(9)3-6/h1-12H;1-9,14H,13H2;1-4H. The highest BCUT2D eigenvalue weighted by Gasteiger charge is 2.14. The lowest BCUT2D eigenvalue weighted by Gasteiger charge is -2.10. The second kappa shape index (κ2) is 16.7. The Bertz CT molecular complexity index is 2060. The average Bonchev–Trinajstić information content (AvgIpc) is 3.46. The molecule has 6 aromatic carbocycles. The molecule has 0 atom stereocenters. The van der Waals surface area contributed by atoms with Gasteiger partial charge >= 0.3 is 0 Å². The largest absolute Gasteiger partial charge is 0.397 e. The van der Waals surface area contributed by atoms with Gasteiger partial charge in [-0.1, -0.05) is 124 Å². The Morgan fingerprint density at radius 1 is 0.617 bits per heavy atom. The normalized spacial score (nSPS) is 10.3. The first-order valence-electron chi connectivity index (χ1n) is 14.4. The van der Waals surface area contributed by atoms with E-state index in [4.69, 9.17) is 10.7 Å². The number of benzene rings is 6. The fraction of sp³-hybridized carbons (Fsp3) is 0. The summed E-state index contributed by atoms with van der Waals surface area (Å²) in [6.45, 7) is 0. The van der Waals surface area contributed by atoms with Gasteiger partial charge in [0.1, 0.15) is 12.1 Å². The number of carbonyl (C=O) groups is 1. The fourth-order valence-corrected chi connectivity index (χ4v) is 7.29. The highest BCUT2D eigenvalue weighted by Crippen LogP contribution is 2.32. The van der Waals surface area contributed by atoms with Crippen LogP contribution in [-0.4, -0.2) is 15.8 Å². The van der Waals surface area contributed by atoms with Gasteiger partial charge < -0.3 is 11.1 Å². The maximum Gasteiger partial charge on any atom is 0.150 e. The van der Waals surface area contributed by atoms with Gasteiger partial charge in [0.15, 0.2) is 0 Å². The summed E-state index contributed by atoms with van der Waals surface area (Å²) in [6, 6.07) is 47.8. The average molecular weight is 876 g/mol. The lowest BCUT2D eigenvalue weighted by Crippen LogP contribution is -1.97. The summed E-state index contributed by atoms with van der Waals surface area (Å²) in [5.41, 5.74) is 13.5. The minimum atomic E-state index is 0.668. The number of carbonyl (C=O) groups excluding carboxylic acids is 1. The molecule has 0 saturated carbocycles. The molecule has 0 unspecified atom stereocenters. The van der Waals surface area contributed by atoms with Gasteiger partial charge in [-0.15, -0.1) is 0 Å². The van der Waals surface area contributed by atoms with E-state index in [1.165, 1.54) is 0 Å². The SMILES string of the molecule is Brc1cc(Br)cc(-c2nc3ccccc3n2-c2ccccc2)c1.Nc1ccccc1Nc1ccccc1.O=Cc1cc(Br)cc(Br)c1. The van der Waals surface area contributed by atoms with E-state index in [0.717, 1.165) is 69.3 Å². The Balaban J connectivity index is 0.000000154. The van der Waals surface area contributed by atoms with E-state index >= 15 is 0 Å². The van der Waals surface area contributed by atoms with Crippen LogP contribution in [-0.2, 0) is 0 Å². The highest BCUT2D eigenvalue weighted by atomic mass is 79.9. The van der Waals surface area contributed by atoms with Crippen LogP contribution in [0.15, 0.2) is 163 Å². The molecule has 0 spiro atoms. The number of anilines is 3. The van der Waals surface area contributed by atoms with Crippen LogP contribution in [0.25, 0.3) is 28.1 Å². The lowest BCUT2D eigenvalue weighted by molar-refractivity contribution is 0.112. The Labute approximate surface area is 307 Å². The molecule has 7 rings (SSSR count). The minimum Gasteiger partial charge on any atom is -0.397 e. The summed E-state index contributed by atoms with van der Waals surface area (Å²) in [5.74, 6) is 0.930. The number of nitrogens with one attached hydrogen (secondary N) is 1. The topological polar surface area (TPSA) is 72.9 Å². The molecule has 0 aliphatic rings. The van der Waals surface area contributed by atoms with Gasteiger partial charge in [-0.2, -0.15) is 0 Å². The number of hydrogen-bond donors (Lipinski definition) is 2. The first-order chi connectivity index (χ1) is 22.8. The summed E-state index contributed by atoms with van der Waals surface area (Å²) >= 11 is 13.7. The van der Waals surface area contributed by atoms with Crippen molar-refractivity contribution in [1.82, 2.24) is 9.55 Å². The number of fused-ring (bicyclic) bond motifs is 1. The molecule has 1 heterocycles. The Kier molecular flexibility index (Phi) is 12.2. The van der Waals surface area contributed by atoms with Gasteiger partial charge in [-0.05, 0) is 84.9 Å². The van der Waals surface area contributed by atoms with Crippen molar-refractivity contribution in [2.24, 2.45) is 0 Å². The van der Waals surface area contributed by atoms with Crippen LogP contribution < -0.4 is 11.1 Å². The summed E-state index contributed by atoms with van der Waals surface area (Å²) in [6.07, 6.45) is 0.815. The third-order valence-corrected chi connectivity index (χ3v) is 8.56. The Morgan fingerprint density at radius 3 is 1.77 bits per heavy atom. The van der Waals surface area contributed by atoms with E-state index in [0.29, 0.717) is 5.56 Å². The smallest absolute Gasteiger partial charge is 0.150 e. The number of rotatable bonds is 5. The summed E-state index contributed by atoms with van der Waals surface area (Å²) < 4.78 is 6.05. The fourth-order valence-electron chi connectivity index (χ4n) is 4.67. The maximum absolute atomic E-state index is 10.3. The molecule has 0 radical (unpaired) electrons. The molecule has 0 fully saturated rings. The Hall–Kier alpha value is -4.02. The predicted octanol–water partition coefficient (Wildman–Crippen LogP) is 12.3. The number of nitrogen functional groups attached to an aromatic ring is 1. The molecule has 0 aliphatic heterocycles. The number of halogens is 4. The van der Waals surface area contributed by atoms with Crippen LogP contribution in [0.4, 0.5) is 17.1 Å². The van der Waals surface area contributed by atoms with E-state index in [9.17, 15) is 4.79 Å². The number of nitrogens with two attached hydrogens (primary N) is 1. The molecular weight excluding hydrogens is 848 g/mol. The zero-order valence-electron chi connectivity index (χ0n) is 24.8. The van der Waals surface area contributed by atoms with Crippen molar-refractivity contribution in [2.75, 3.05) is 11.1 Å². The van der Waals surface area contributed by atoms with Crippen LogP contribution in [0, 0.1) is 0 Å². The van der Waals surface area contributed by atoms with E-state index in [2.05, 4.69) is 104 Å². The first kappa shape index (κ1) is 34.3. The quantitative estimate of drug-likeness (QED) is 0.133. The summed E-state index contributed by atoms with van der Waals surface area (Å²) in [5, 5.41) is 3.25. The molecule has 0 bridgehead atoms. The number of aldehydes is 1. The lowest BCUT2D eigenvalue weighted by atomic mass is 10.2. The highest BCUT2D eigenvalue weighted by molar-refractivity contribution is 9.11. The van der Waals surface area contributed by atoms with Crippen LogP contribution >= 0.6 is 63.7 Å². The van der Waals surface area contributed by atoms with Gasteiger partial charge in [-0.3, -0.25) is 9.36 Å². The molecule has 5 nitrogen and oxygen atoms in total. The molecule has 0 amide bonds. The third kappa shape index (κ3) is 9.51. The van der Waals surface area contributed by atoms with Gasteiger partial charge in [0, 0.05) is 40.4 Å². The van der Waals surface area contributed by atoms with Gasteiger partial charge in [-0.25, -0.2) is 4.98 Å². The summed E-state index contributed by atoms with van der Waals surface area (Å²) in [7, 11) is 0. The van der Waals surface area contributed by atoms with Gasteiger partial charge in [0.25, 0.3) is 0 Å². The summed E-state index contributed by atoms with van der Waals surface area (Å²) in [4.78, 5) is 15.1. The zero-order valence-corrected chi connectivity index (χ0v) is 31.2. The van der Waals surface area contributed by atoms with Crippen LogP contribution in [0.3, 0.4) is 0 Å². The zero-order chi connectivity index (χ0) is 33.2. The van der Waals surface area contributed by atoms with Crippen molar-refractivity contribution in [2.45, 2.75) is 0 Å². The van der Waals surface area contributed by atoms with E-state index in [1.807, 2.05) is 103 Å². The number of para-hydroxylation sites is 6. The number of aromatic nitrogens is 2. The van der Waals surface area contributed by atoms with E-state index in [1.54, 1.807) is 12.1 Å². The predicted molar refractivity (Wildman–Crippen MR) is 210 cm³/mol. The molecule has 1 aromatic heterocycles. The van der Waals surface area contributed by atoms with Crippen LogP contribution in [0.1, 0.15) is 10.4 Å². The number of hydrogen-bond acceptors (Lipinski definition) is 4. The van der Waals surface area contributed by atoms with Crippen LogP contribution in [0.5, 0.6) is 0 Å². The van der Waals surface area contributed by atoms with Crippen molar-refractivity contribution < 1.29 is 4.79 Å². The second-order valence-electron chi connectivity index (χ2n) is 10.2. The Morgan fingerprint density at radius 2 is 1.15 bits per heavy atom. The molecule has 47 heavy (non-hydrogen) atoms.